The normalized spacial score (nSPS) is 10.7. The van der Waals surface area contributed by atoms with E-state index in [0.29, 0.717) is 6.61 Å². The first-order valence-corrected chi connectivity index (χ1v) is 7.06. The van der Waals surface area contributed by atoms with E-state index in [-0.39, 0.29) is 0 Å². The highest BCUT2D eigenvalue weighted by atomic mass is 16.5. The molecule has 0 saturated heterocycles. The molecule has 0 fully saturated rings. The van der Waals surface area contributed by atoms with E-state index in [1.807, 2.05) is 43.4 Å². The van der Waals surface area contributed by atoms with Gasteiger partial charge in [0.15, 0.2) is 0 Å². The molecule has 0 radical (unpaired) electrons. The second-order valence-corrected chi connectivity index (χ2v) is 4.96. The highest BCUT2D eigenvalue weighted by Crippen LogP contribution is 2.16. The summed E-state index contributed by atoms with van der Waals surface area (Å²) in [6.07, 6.45) is 0. The molecule has 3 nitrogen and oxygen atoms in total. The molecule has 0 aliphatic carbocycles. The Morgan fingerprint density at radius 2 is 1.76 bits per heavy atom. The van der Waals surface area contributed by atoms with Gasteiger partial charge < -0.3 is 10.1 Å². The quantitative estimate of drug-likeness (QED) is 0.775. The Hall–Kier alpha value is -2.39. The number of para-hydroxylation sites is 1. The van der Waals surface area contributed by atoms with Gasteiger partial charge in [-0.15, -0.1) is 0 Å². The van der Waals surface area contributed by atoms with Gasteiger partial charge in [0.05, 0.1) is 11.2 Å². The van der Waals surface area contributed by atoms with Gasteiger partial charge in [-0.2, -0.15) is 0 Å². The molecule has 0 atom stereocenters. The molecule has 0 saturated carbocycles. The van der Waals surface area contributed by atoms with Crippen molar-refractivity contribution >= 4 is 10.9 Å². The van der Waals surface area contributed by atoms with E-state index in [1.165, 1.54) is 5.56 Å². The maximum Gasteiger partial charge on any atom is 0.130 e. The number of rotatable bonds is 5. The summed E-state index contributed by atoms with van der Waals surface area (Å²) in [5, 5.41) is 4.28. The fourth-order valence-electron chi connectivity index (χ4n) is 2.25. The van der Waals surface area contributed by atoms with Crippen molar-refractivity contribution in [1.82, 2.24) is 10.3 Å². The average molecular weight is 278 g/mol. The molecule has 1 heterocycles. The summed E-state index contributed by atoms with van der Waals surface area (Å²) in [6.45, 7) is 1.35. The van der Waals surface area contributed by atoms with Gasteiger partial charge in [-0.3, -0.25) is 0 Å². The summed E-state index contributed by atoms with van der Waals surface area (Å²) in [5.41, 5.74) is 3.18. The molecule has 21 heavy (non-hydrogen) atoms. The summed E-state index contributed by atoms with van der Waals surface area (Å²) in [6, 6.07) is 20.3. The van der Waals surface area contributed by atoms with Gasteiger partial charge in [-0.25, -0.2) is 4.98 Å². The third-order valence-electron chi connectivity index (χ3n) is 3.35. The molecule has 3 rings (SSSR count). The lowest BCUT2D eigenvalue weighted by Crippen LogP contribution is -2.04. The summed E-state index contributed by atoms with van der Waals surface area (Å²) in [4.78, 5) is 4.60. The van der Waals surface area contributed by atoms with Crippen LogP contribution >= 0.6 is 0 Å². The molecule has 2 aromatic carbocycles. The van der Waals surface area contributed by atoms with Crippen molar-refractivity contribution in [2.75, 3.05) is 7.05 Å². The van der Waals surface area contributed by atoms with Gasteiger partial charge >= 0.3 is 0 Å². The van der Waals surface area contributed by atoms with Crippen molar-refractivity contribution < 1.29 is 4.74 Å². The van der Waals surface area contributed by atoms with Crippen LogP contribution < -0.4 is 10.1 Å². The van der Waals surface area contributed by atoms with Crippen molar-refractivity contribution in [2.45, 2.75) is 13.2 Å². The van der Waals surface area contributed by atoms with E-state index in [1.54, 1.807) is 0 Å². The number of nitrogens with zero attached hydrogens (tertiary/aromatic N) is 1. The summed E-state index contributed by atoms with van der Waals surface area (Å²) in [7, 11) is 1.94. The average Bonchev–Trinajstić information content (AvgIpc) is 2.54. The van der Waals surface area contributed by atoms with Crippen molar-refractivity contribution in [3.05, 3.63) is 71.9 Å². The number of pyridine rings is 1. The van der Waals surface area contributed by atoms with Crippen LogP contribution in [0.15, 0.2) is 60.7 Å². The zero-order valence-corrected chi connectivity index (χ0v) is 12.0. The Morgan fingerprint density at radius 1 is 0.952 bits per heavy atom. The largest absolute Gasteiger partial charge is 0.487 e. The first-order chi connectivity index (χ1) is 10.3. The number of hydrogen-bond donors (Lipinski definition) is 1. The molecule has 3 heteroatoms. The van der Waals surface area contributed by atoms with Gasteiger partial charge in [0.2, 0.25) is 0 Å². The van der Waals surface area contributed by atoms with Crippen molar-refractivity contribution in [1.29, 1.82) is 0 Å². The fourth-order valence-corrected chi connectivity index (χ4v) is 2.25. The second kappa shape index (κ2) is 6.37. The maximum atomic E-state index is 5.79. The Balaban J connectivity index is 1.68. The summed E-state index contributed by atoms with van der Waals surface area (Å²) >= 11 is 0. The lowest BCUT2D eigenvalue weighted by molar-refractivity contribution is 0.301. The first kappa shape index (κ1) is 13.6. The van der Waals surface area contributed by atoms with Crippen molar-refractivity contribution in [3.8, 4) is 5.75 Å². The van der Waals surface area contributed by atoms with Crippen molar-refractivity contribution in [3.63, 3.8) is 0 Å². The lowest BCUT2D eigenvalue weighted by Gasteiger charge is -2.07. The van der Waals surface area contributed by atoms with E-state index in [2.05, 4.69) is 34.6 Å². The molecular weight excluding hydrogens is 260 g/mol. The van der Waals surface area contributed by atoms with Crippen LogP contribution in [0.5, 0.6) is 5.75 Å². The first-order valence-electron chi connectivity index (χ1n) is 7.06. The Kier molecular flexibility index (Phi) is 4.12. The van der Waals surface area contributed by atoms with Crippen LogP contribution in [0, 0.1) is 0 Å². The van der Waals surface area contributed by atoms with Crippen LogP contribution in [0.4, 0.5) is 0 Å². The predicted octanol–water partition coefficient (Wildman–Crippen LogP) is 3.53. The third-order valence-corrected chi connectivity index (χ3v) is 3.35. The molecule has 0 bridgehead atoms. The number of aromatic nitrogens is 1. The third kappa shape index (κ3) is 3.38. The zero-order chi connectivity index (χ0) is 14.5. The van der Waals surface area contributed by atoms with E-state index in [0.717, 1.165) is 28.9 Å². The molecular formula is C18H18N2O. The summed E-state index contributed by atoms with van der Waals surface area (Å²) < 4.78 is 5.79. The number of fused-ring (bicyclic) bond motifs is 1. The lowest BCUT2D eigenvalue weighted by atomic mass is 10.2. The van der Waals surface area contributed by atoms with Crippen LogP contribution in [0.25, 0.3) is 10.9 Å². The van der Waals surface area contributed by atoms with Gasteiger partial charge in [-0.05, 0) is 36.9 Å². The van der Waals surface area contributed by atoms with Gasteiger partial charge in [0.1, 0.15) is 12.4 Å². The zero-order valence-electron chi connectivity index (χ0n) is 12.0. The minimum Gasteiger partial charge on any atom is -0.487 e. The minimum atomic E-state index is 0.482. The second-order valence-electron chi connectivity index (χ2n) is 4.96. The molecule has 106 valence electrons. The van der Waals surface area contributed by atoms with Gasteiger partial charge in [-0.1, -0.05) is 36.4 Å². The molecule has 1 aromatic heterocycles. The minimum absolute atomic E-state index is 0.482. The highest BCUT2D eigenvalue weighted by Gasteiger charge is 2.00. The van der Waals surface area contributed by atoms with Crippen LogP contribution in [-0.4, -0.2) is 12.0 Å². The van der Waals surface area contributed by atoms with Crippen molar-refractivity contribution in [2.24, 2.45) is 0 Å². The predicted molar refractivity (Wildman–Crippen MR) is 85.3 cm³/mol. The van der Waals surface area contributed by atoms with E-state index < -0.39 is 0 Å². The number of ether oxygens (including phenoxy) is 1. The molecule has 1 N–H and O–H groups in total. The Morgan fingerprint density at radius 3 is 2.57 bits per heavy atom. The molecule has 0 amide bonds. The van der Waals surface area contributed by atoms with Gasteiger partial charge in [0, 0.05) is 11.9 Å². The van der Waals surface area contributed by atoms with Gasteiger partial charge in [0.25, 0.3) is 0 Å². The highest BCUT2D eigenvalue weighted by molar-refractivity contribution is 5.78. The molecule has 0 unspecified atom stereocenters. The van der Waals surface area contributed by atoms with E-state index in [4.69, 9.17) is 4.74 Å². The molecule has 0 aliphatic heterocycles. The topological polar surface area (TPSA) is 34.1 Å². The van der Waals surface area contributed by atoms with Crippen LogP contribution in [0.2, 0.25) is 0 Å². The SMILES string of the molecule is CNCc1ccc(OCc2ccc3ccccc3n2)cc1. The standard InChI is InChI=1S/C18H18N2O/c1-19-12-14-6-10-17(11-7-14)21-13-16-9-8-15-4-2-3-5-18(15)20-16/h2-11,19H,12-13H2,1H3. The van der Waals surface area contributed by atoms with Crippen LogP contribution in [-0.2, 0) is 13.2 Å². The number of benzene rings is 2. The monoisotopic (exact) mass is 278 g/mol. The Labute approximate surface area is 124 Å². The maximum absolute atomic E-state index is 5.79. The van der Waals surface area contributed by atoms with Crippen LogP contribution in [0.3, 0.4) is 0 Å². The Bertz CT molecular complexity index is 723. The number of hydrogen-bond acceptors (Lipinski definition) is 3. The smallest absolute Gasteiger partial charge is 0.130 e. The van der Waals surface area contributed by atoms with Crippen LogP contribution in [0.1, 0.15) is 11.3 Å². The van der Waals surface area contributed by atoms with E-state index in [9.17, 15) is 0 Å². The fraction of sp³-hybridized carbons (Fsp3) is 0.167. The molecule has 0 spiro atoms. The molecule has 3 aromatic rings. The van der Waals surface area contributed by atoms with E-state index >= 15 is 0 Å². The molecule has 0 aliphatic rings. The summed E-state index contributed by atoms with van der Waals surface area (Å²) in [5.74, 6) is 0.866. The number of nitrogens with one attached hydrogen (secondary N) is 1.